The van der Waals surface area contributed by atoms with Crippen LogP contribution in [-0.4, -0.2) is 15.9 Å². The number of halogens is 1. The zero-order valence-electron chi connectivity index (χ0n) is 17.6. The first kappa shape index (κ1) is 24.3. The minimum Gasteiger partial charge on any atom is -0.508 e. The molecule has 0 saturated carbocycles. The molecule has 0 bridgehead atoms. The Kier molecular flexibility index (Phi) is 8.27. The average molecular weight is 448 g/mol. The normalized spacial score (nSPS) is 11.9. The van der Waals surface area contributed by atoms with Gasteiger partial charge in [-0.2, -0.15) is 0 Å². The van der Waals surface area contributed by atoms with Gasteiger partial charge in [0.25, 0.3) is 0 Å². The Hall–Kier alpha value is -3.96. The lowest BCUT2D eigenvalue weighted by Crippen LogP contribution is -1.99. The van der Waals surface area contributed by atoms with Crippen LogP contribution in [-0.2, 0) is 0 Å². The van der Waals surface area contributed by atoms with Gasteiger partial charge < -0.3 is 27.1 Å². The first-order valence-corrected chi connectivity index (χ1v) is 9.73. The number of hydrogen-bond donors (Lipinski definition) is 5. The van der Waals surface area contributed by atoms with Gasteiger partial charge in [0.2, 0.25) is 0 Å². The Balaban J connectivity index is 0.000000342. The molecule has 0 fully saturated rings. The summed E-state index contributed by atoms with van der Waals surface area (Å²) in [5.41, 5.74) is 19.2. The van der Waals surface area contributed by atoms with Crippen LogP contribution in [0.3, 0.4) is 0 Å². The van der Waals surface area contributed by atoms with Crippen LogP contribution in [0.2, 0.25) is 0 Å². The van der Waals surface area contributed by atoms with Crippen molar-refractivity contribution in [3.63, 3.8) is 0 Å². The van der Waals surface area contributed by atoms with Gasteiger partial charge in [-0.05, 0) is 83.3 Å². The van der Waals surface area contributed by atoms with E-state index >= 15 is 0 Å². The third kappa shape index (κ3) is 6.27. The van der Waals surface area contributed by atoms with Crippen LogP contribution < -0.4 is 11.5 Å². The summed E-state index contributed by atoms with van der Waals surface area (Å²) in [5, 5.41) is 25.0. The van der Waals surface area contributed by atoms with Gasteiger partial charge in [0.15, 0.2) is 0 Å². The lowest BCUT2D eigenvalue weighted by atomic mass is 9.90. The zero-order valence-corrected chi connectivity index (χ0v) is 18.4. The smallest absolute Gasteiger partial charge is 0.119 e. The number of anilines is 2. The van der Waals surface area contributed by atoms with E-state index in [9.17, 15) is 0 Å². The van der Waals surface area contributed by atoms with E-state index in [0.29, 0.717) is 5.71 Å². The summed E-state index contributed by atoms with van der Waals surface area (Å²) < 4.78 is 0. The summed E-state index contributed by atoms with van der Waals surface area (Å²) in [6, 6.07) is 19.7. The van der Waals surface area contributed by atoms with E-state index in [0.717, 1.165) is 39.2 Å². The van der Waals surface area contributed by atoms with Crippen LogP contribution in [0.15, 0.2) is 96.6 Å². The van der Waals surface area contributed by atoms with Crippen LogP contribution in [0.4, 0.5) is 11.4 Å². The number of aromatic hydroxyl groups is 2. The second-order valence-corrected chi connectivity index (χ2v) is 7.17. The van der Waals surface area contributed by atoms with Gasteiger partial charge in [0.05, 0.1) is 5.71 Å². The van der Waals surface area contributed by atoms with Crippen molar-refractivity contribution in [2.24, 2.45) is 0 Å². The number of nitrogens with one attached hydrogen (secondary N) is 1. The quantitative estimate of drug-likeness (QED) is 0.327. The predicted molar refractivity (Wildman–Crippen MR) is 135 cm³/mol. The fourth-order valence-corrected chi connectivity index (χ4v) is 3.11. The third-order valence-corrected chi connectivity index (χ3v) is 4.76. The molecule has 0 atom stereocenters. The van der Waals surface area contributed by atoms with E-state index in [2.05, 4.69) is 6.07 Å². The number of allylic oxidation sites excluding steroid dienone is 5. The molecule has 3 aromatic rings. The minimum atomic E-state index is 0. The molecule has 1 aliphatic carbocycles. The number of aryl methyl sites for hydroxylation is 1. The molecule has 6 heteroatoms. The molecule has 0 aliphatic heterocycles. The summed E-state index contributed by atoms with van der Waals surface area (Å²) in [6.45, 7) is 2.01. The average Bonchev–Trinajstić information content (AvgIpc) is 2.74. The van der Waals surface area contributed by atoms with Crippen molar-refractivity contribution in [1.82, 2.24) is 0 Å². The van der Waals surface area contributed by atoms with Crippen molar-refractivity contribution < 1.29 is 10.2 Å². The maximum Gasteiger partial charge on any atom is 0.119 e. The highest BCUT2D eigenvalue weighted by molar-refractivity contribution is 6.05. The molecule has 0 radical (unpaired) electrons. The van der Waals surface area contributed by atoms with Crippen LogP contribution in [0.25, 0.3) is 5.57 Å². The van der Waals surface area contributed by atoms with Crippen molar-refractivity contribution >= 4 is 35.1 Å². The number of nitrogens with two attached hydrogens (primary N) is 2. The van der Waals surface area contributed by atoms with Gasteiger partial charge >= 0.3 is 0 Å². The predicted octanol–water partition coefficient (Wildman–Crippen LogP) is 5.63. The zero-order chi connectivity index (χ0) is 22.4. The van der Waals surface area contributed by atoms with Crippen LogP contribution >= 0.6 is 12.4 Å². The van der Waals surface area contributed by atoms with Gasteiger partial charge in [0, 0.05) is 17.4 Å². The fourth-order valence-electron chi connectivity index (χ4n) is 3.11. The van der Waals surface area contributed by atoms with Crippen LogP contribution in [0.5, 0.6) is 11.5 Å². The number of nitrogen functional groups attached to an aromatic ring is 2. The van der Waals surface area contributed by atoms with Crippen LogP contribution in [0, 0.1) is 12.3 Å². The molecule has 1 aliphatic rings. The van der Waals surface area contributed by atoms with Crippen molar-refractivity contribution in [2.75, 3.05) is 11.5 Å². The molecule has 0 saturated heterocycles. The molecule has 0 spiro atoms. The molecule has 0 heterocycles. The highest BCUT2D eigenvalue weighted by atomic mass is 35.5. The molecule has 5 nitrogen and oxygen atoms in total. The molecule has 7 N–H and O–H groups in total. The summed E-state index contributed by atoms with van der Waals surface area (Å²) in [7, 11) is 0. The lowest BCUT2D eigenvalue weighted by Gasteiger charge is -2.15. The highest BCUT2D eigenvalue weighted by Crippen LogP contribution is 2.31. The van der Waals surface area contributed by atoms with E-state index in [1.54, 1.807) is 18.2 Å². The van der Waals surface area contributed by atoms with Crippen molar-refractivity contribution in [3.8, 4) is 11.5 Å². The topological polar surface area (TPSA) is 116 Å². The first-order chi connectivity index (χ1) is 14.8. The summed E-state index contributed by atoms with van der Waals surface area (Å²) >= 11 is 0. The van der Waals surface area contributed by atoms with Crippen molar-refractivity contribution in [1.29, 1.82) is 5.41 Å². The van der Waals surface area contributed by atoms with Crippen molar-refractivity contribution in [3.05, 3.63) is 113 Å². The van der Waals surface area contributed by atoms with Crippen LogP contribution in [0.1, 0.15) is 16.7 Å². The molecule has 4 rings (SSSR count). The van der Waals surface area contributed by atoms with E-state index in [1.807, 2.05) is 55.5 Å². The Labute approximate surface area is 194 Å². The Morgan fingerprint density at radius 2 is 1.31 bits per heavy atom. The number of rotatable bonds is 2. The lowest BCUT2D eigenvalue weighted by molar-refractivity contribution is 0.450. The summed E-state index contributed by atoms with van der Waals surface area (Å²) in [4.78, 5) is 0. The van der Waals surface area contributed by atoms with Crippen molar-refractivity contribution in [2.45, 2.75) is 6.92 Å². The molecular formula is C26H26ClN3O2. The van der Waals surface area contributed by atoms with Gasteiger partial charge in [-0.15, -0.1) is 12.4 Å². The second-order valence-electron chi connectivity index (χ2n) is 7.17. The Morgan fingerprint density at radius 1 is 0.750 bits per heavy atom. The molecular weight excluding hydrogens is 422 g/mol. The monoisotopic (exact) mass is 447 g/mol. The standard InChI is InChI=1S/C20H19N3.C6H6O2.ClH/c1-13-12-16(6-11-19(13)23)20(14-2-7-17(21)8-3-14)15-4-9-18(22)10-5-15;7-5-2-1-3-6(8)4-5;/h2-12,21H,22-23H2,1H3;1-4,7-8H;1H. The summed E-state index contributed by atoms with van der Waals surface area (Å²) in [5.74, 6) is 0.176. The van der Waals surface area contributed by atoms with Gasteiger partial charge in [-0.1, -0.05) is 36.4 Å². The number of hydrogen-bond acceptors (Lipinski definition) is 5. The molecule has 0 amide bonds. The number of benzene rings is 3. The molecule has 0 unspecified atom stereocenters. The van der Waals surface area contributed by atoms with E-state index in [4.69, 9.17) is 27.1 Å². The maximum absolute atomic E-state index is 8.65. The Morgan fingerprint density at radius 3 is 1.81 bits per heavy atom. The minimum absolute atomic E-state index is 0. The fraction of sp³-hybridized carbons (Fsp3) is 0.0385. The van der Waals surface area contributed by atoms with Gasteiger partial charge in [0.1, 0.15) is 11.5 Å². The van der Waals surface area contributed by atoms with E-state index < -0.39 is 0 Å². The number of phenolic OH excluding ortho intramolecular Hbond substituents is 2. The van der Waals surface area contributed by atoms with Gasteiger partial charge in [-0.25, -0.2) is 0 Å². The Bertz CT molecular complexity index is 1160. The molecule has 32 heavy (non-hydrogen) atoms. The second kappa shape index (κ2) is 10.9. The maximum atomic E-state index is 8.65. The third-order valence-electron chi connectivity index (χ3n) is 4.76. The largest absolute Gasteiger partial charge is 0.508 e. The van der Waals surface area contributed by atoms with Gasteiger partial charge in [-0.3, -0.25) is 0 Å². The molecule has 0 aromatic heterocycles. The summed E-state index contributed by atoms with van der Waals surface area (Å²) in [6.07, 6.45) is 7.55. The van der Waals surface area contributed by atoms with E-state index in [1.165, 1.54) is 18.2 Å². The highest BCUT2D eigenvalue weighted by Gasteiger charge is 2.12. The molecule has 164 valence electrons. The SMILES string of the molecule is Cc1cc(C(=C2C=CC(=N)C=C2)c2ccc(N)cc2)ccc1N.Cl.Oc1cccc(O)c1. The molecule has 3 aromatic carbocycles. The first-order valence-electron chi connectivity index (χ1n) is 9.73. The number of phenols is 2. The van der Waals surface area contributed by atoms with E-state index in [-0.39, 0.29) is 23.9 Å².